The van der Waals surface area contributed by atoms with Crippen molar-refractivity contribution >= 4 is 27.6 Å². The van der Waals surface area contributed by atoms with Crippen LogP contribution < -0.4 is 10.6 Å². The second-order valence-corrected chi connectivity index (χ2v) is 10.2. The molecule has 0 spiro atoms. The Labute approximate surface area is 177 Å². The number of aromatic nitrogens is 2. The lowest BCUT2D eigenvalue weighted by Crippen LogP contribution is -2.35. The Morgan fingerprint density at radius 1 is 1.17 bits per heavy atom. The van der Waals surface area contributed by atoms with Crippen molar-refractivity contribution in [1.29, 1.82) is 0 Å². The minimum Gasteiger partial charge on any atom is -0.307 e. The monoisotopic (exact) mass is 431 g/mol. The van der Waals surface area contributed by atoms with Gasteiger partial charge in [-0.15, -0.1) is 0 Å². The van der Waals surface area contributed by atoms with Crippen molar-refractivity contribution in [2.45, 2.75) is 57.4 Å². The zero-order valence-electron chi connectivity index (χ0n) is 17.3. The molecule has 1 aromatic heterocycles. The number of carbonyl (C=O) groups excluding carboxylic acids is 1. The smallest absolute Gasteiger partial charge is 0.307 e. The molecule has 0 atom stereocenters. The van der Waals surface area contributed by atoms with Crippen LogP contribution in [0.2, 0.25) is 0 Å². The predicted octanol–water partition coefficient (Wildman–Crippen LogP) is 3.81. The van der Waals surface area contributed by atoms with Crippen molar-refractivity contribution in [3.8, 4) is 0 Å². The van der Waals surface area contributed by atoms with Crippen LogP contribution >= 0.6 is 0 Å². The third kappa shape index (κ3) is 4.84. The molecule has 2 aliphatic rings. The first-order valence-corrected chi connectivity index (χ1v) is 12.4. The van der Waals surface area contributed by atoms with Gasteiger partial charge < -0.3 is 5.32 Å². The number of carbonyl (C=O) groups is 1. The molecule has 162 valence electrons. The standard InChI is InChI=1S/C21H29N5O3S/c1-30(28,29)26-12-11-17-16(14-26)9-6-10-18(17)22-21(27)23-20-13-19(24-25-20)15-7-4-2-3-5-8-15/h6,9-10,13,15H,2-5,7-8,11-12,14H2,1H3,(H3,22,23,24,25,27). The Hall–Kier alpha value is -2.39. The van der Waals surface area contributed by atoms with E-state index in [0.717, 1.165) is 29.7 Å². The number of anilines is 2. The highest BCUT2D eigenvalue weighted by Crippen LogP contribution is 2.31. The molecule has 9 heteroatoms. The molecule has 3 N–H and O–H groups in total. The van der Waals surface area contributed by atoms with Crippen LogP contribution in [0.25, 0.3) is 0 Å². The summed E-state index contributed by atoms with van der Waals surface area (Å²) in [5, 5.41) is 13.0. The number of sulfonamides is 1. The molecule has 1 saturated carbocycles. The number of H-pyrrole nitrogens is 1. The van der Waals surface area contributed by atoms with E-state index in [0.29, 0.717) is 36.9 Å². The van der Waals surface area contributed by atoms with Gasteiger partial charge >= 0.3 is 6.03 Å². The first kappa shape index (κ1) is 20.9. The molecule has 1 aliphatic heterocycles. The summed E-state index contributed by atoms with van der Waals surface area (Å²) in [6, 6.07) is 7.16. The number of fused-ring (bicyclic) bond motifs is 1. The fourth-order valence-electron chi connectivity index (χ4n) is 4.45. The summed E-state index contributed by atoms with van der Waals surface area (Å²) in [6.07, 6.45) is 9.17. The van der Waals surface area contributed by atoms with Gasteiger partial charge in [-0.3, -0.25) is 10.4 Å². The predicted molar refractivity (Wildman–Crippen MR) is 117 cm³/mol. The summed E-state index contributed by atoms with van der Waals surface area (Å²) in [4.78, 5) is 12.5. The Morgan fingerprint density at radius 3 is 2.67 bits per heavy atom. The molecule has 2 aromatic rings. The number of nitrogens with zero attached hydrogens (tertiary/aromatic N) is 2. The summed E-state index contributed by atoms with van der Waals surface area (Å²) in [6.45, 7) is 0.742. The van der Waals surface area contributed by atoms with E-state index in [-0.39, 0.29) is 6.03 Å². The van der Waals surface area contributed by atoms with Gasteiger partial charge in [0.05, 0.1) is 6.26 Å². The van der Waals surface area contributed by atoms with Gasteiger partial charge in [0.1, 0.15) is 0 Å². The van der Waals surface area contributed by atoms with E-state index in [2.05, 4.69) is 20.8 Å². The maximum atomic E-state index is 12.5. The lowest BCUT2D eigenvalue weighted by Gasteiger charge is -2.28. The lowest BCUT2D eigenvalue weighted by atomic mass is 9.97. The molecule has 0 radical (unpaired) electrons. The minimum atomic E-state index is -3.23. The summed E-state index contributed by atoms with van der Waals surface area (Å²) < 4.78 is 25.1. The Kier molecular flexibility index (Phi) is 6.10. The number of nitrogens with one attached hydrogen (secondary N) is 3. The van der Waals surface area contributed by atoms with Crippen molar-refractivity contribution in [2.24, 2.45) is 0 Å². The van der Waals surface area contributed by atoms with Crippen LogP contribution in [0.3, 0.4) is 0 Å². The second kappa shape index (κ2) is 8.77. The minimum absolute atomic E-state index is 0.329. The van der Waals surface area contributed by atoms with E-state index >= 15 is 0 Å². The lowest BCUT2D eigenvalue weighted by molar-refractivity contribution is 0.262. The summed E-state index contributed by atoms with van der Waals surface area (Å²) in [5.41, 5.74) is 3.69. The third-order valence-electron chi connectivity index (χ3n) is 6.08. The van der Waals surface area contributed by atoms with Gasteiger partial charge in [-0.05, 0) is 36.5 Å². The number of aromatic amines is 1. The van der Waals surface area contributed by atoms with Gasteiger partial charge in [-0.2, -0.15) is 9.40 Å². The first-order valence-electron chi connectivity index (χ1n) is 10.6. The van der Waals surface area contributed by atoms with Crippen LogP contribution in [-0.2, 0) is 23.0 Å². The summed E-state index contributed by atoms with van der Waals surface area (Å²) in [7, 11) is -3.23. The van der Waals surface area contributed by atoms with Gasteiger partial charge in [0.2, 0.25) is 10.0 Å². The van der Waals surface area contributed by atoms with Crippen LogP contribution in [-0.4, -0.2) is 41.8 Å². The zero-order valence-corrected chi connectivity index (χ0v) is 18.1. The fraction of sp³-hybridized carbons (Fsp3) is 0.524. The van der Waals surface area contributed by atoms with Gasteiger partial charge in [0.25, 0.3) is 0 Å². The SMILES string of the molecule is CS(=O)(=O)N1CCc2c(cccc2NC(=O)Nc2cc(C3CCCCCC3)[nH]n2)C1. The molecule has 4 rings (SSSR count). The molecule has 2 amide bonds. The van der Waals surface area contributed by atoms with Gasteiger partial charge in [0, 0.05) is 36.5 Å². The molecular weight excluding hydrogens is 402 g/mol. The first-order chi connectivity index (χ1) is 14.4. The van der Waals surface area contributed by atoms with E-state index in [9.17, 15) is 13.2 Å². The van der Waals surface area contributed by atoms with Crippen LogP contribution in [0.5, 0.6) is 0 Å². The van der Waals surface area contributed by atoms with E-state index < -0.39 is 10.0 Å². The number of hydrogen-bond donors (Lipinski definition) is 3. The maximum absolute atomic E-state index is 12.5. The van der Waals surface area contributed by atoms with E-state index in [1.54, 1.807) is 0 Å². The van der Waals surface area contributed by atoms with Gasteiger partial charge in [-0.1, -0.05) is 37.8 Å². The average Bonchev–Trinajstić information content (AvgIpc) is 2.99. The van der Waals surface area contributed by atoms with E-state index in [1.807, 2.05) is 24.3 Å². The van der Waals surface area contributed by atoms with Crippen LogP contribution in [0, 0.1) is 0 Å². The van der Waals surface area contributed by atoms with E-state index in [4.69, 9.17) is 0 Å². The molecular formula is C21H29N5O3S. The highest BCUT2D eigenvalue weighted by Gasteiger charge is 2.25. The number of amides is 2. The van der Waals surface area contributed by atoms with Crippen molar-refractivity contribution < 1.29 is 13.2 Å². The van der Waals surface area contributed by atoms with Crippen molar-refractivity contribution in [3.63, 3.8) is 0 Å². The molecule has 0 saturated heterocycles. The number of rotatable bonds is 4. The van der Waals surface area contributed by atoms with Crippen molar-refractivity contribution in [1.82, 2.24) is 14.5 Å². The number of urea groups is 1. The molecule has 0 unspecified atom stereocenters. The fourth-order valence-corrected chi connectivity index (χ4v) is 5.25. The average molecular weight is 432 g/mol. The molecule has 30 heavy (non-hydrogen) atoms. The molecule has 2 heterocycles. The second-order valence-electron chi connectivity index (χ2n) is 8.27. The molecule has 1 aliphatic carbocycles. The normalized spacial score (nSPS) is 18.4. The summed E-state index contributed by atoms with van der Waals surface area (Å²) in [5.74, 6) is 0.998. The Morgan fingerprint density at radius 2 is 1.93 bits per heavy atom. The van der Waals surface area contributed by atoms with Gasteiger partial charge in [-0.25, -0.2) is 13.2 Å². The highest BCUT2D eigenvalue weighted by molar-refractivity contribution is 7.88. The van der Waals surface area contributed by atoms with Crippen LogP contribution in [0.1, 0.15) is 61.3 Å². The van der Waals surface area contributed by atoms with Gasteiger partial charge in [0.15, 0.2) is 5.82 Å². The van der Waals surface area contributed by atoms with Crippen LogP contribution in [0.4, 0.5) is 16.3 Å². The molecule has 1 aromatic carbocycles. The van der Waals surface area contributed by atoms with Crippen molar-refractivity contribution in [2.75, 3.05) is 23.4 Å². The quantitative estimate of drug-likeness (QED) is 0.640. The third-order valence-corrected chi connectivity index (χ3v) is 7.33. The molecule has 1 fully saturated rings. The largest absolute Gasteiger partial charge is 0.324 e. The van der Waals surface area contributed by atoms with E-state index in [1.165, 1.54) is 36.2 Å². The van der Waals surface area contributed by atoms with Crippen LogP contribution in [0.15, 0.2) is 24.3 Å². The number of benzene rings is 1. The highest BCUT2D eigenvalue weighted by atomic mass is 32.2. The zero-order chi connectivity index (χ0) is 21.1. The maximum Gasteiger partial charge on any atom is 0.324 e. The number of hydrogen-bond acceptors (Lipinski definition) is 4. The molecule has 0 bridgehead atoms. The summed E-state index contributed by atoms with van der Waals surface area (Å²) >= 11 is 0. The van der Waals surface area contributed by atoms with Crippen molar-refractivity contribution in [3.05, 3.63) is 41.1 Å². The topological polar surface area (TPSA) is 107 Å². The Bertz CT molecular complexity index is 1010. The Balaban J connectivity index is 1.41. The molecule has 8 nitrogen and oxygen atoms in total.